The topological polar surface area (TPSA) is 58.8 Å². The van der Waals surface area contributed by atoms with Crippen molar-refractivity contribution in [2.75, 3.05) is 39.0 Å². The zero-order chi connectivity index (χ0) is 13.8. The number of ether oxygens (including phenoxy) is 1. The standard InChI is InChI=1S/C14H21N3O2/c1-3-19-13-5-4-12(15)8-11(13)9-17-7-6-16(2)14(18)10-17/h4-5,8H,3,6-7,9-10,15H2,1-2H3. The van der Waals surface area contributed by atoms with Gasteiger partial charge >= 0.3 is 0 Å². The largest absolute Gasteiger partial charge is 0.494 e. The number of piperazine rings is 1. The average Bonchev–Trinajstić information content (AvgIpc) is 2.37. The highest BCUT2D eigenvalue weighted by molar-refractivity contribution is 5.78. The zero-order valence-electron chi connectivity index (χ0n) is 11.6. The minimum atomic E-state index is 0.160. The Hall–Kier alpha value is -1.75. The van der Waals surface area contributed by atoms with E-state index in [4.69, 9.17) is 10.5 Å². The lowest BCUT2D eigenvalue weighted by Crippen LogP contribution is -2.48. The normalized spacial score (nSPS) is 16.7. The van der Waals surface area contributed by atoms with Crippen LogP contribution >= 0.6 is 0 Å². The van der Waals surface area contributed by atoms with Crippen molar-refractivity contribution >= 4 is 11.6 Å². The molecular formula is C14H21N3O2. The number of rotatable bonds is 4. The lowest BCUT2D eigenvalue weighted by atomic mass is 10.1. The fourth-order valence-corrected chi connectivity index (χ4v) is 2.20. The van der Waals surface area contributed by atoms with E-state index >= 15 is 0 Å². The van der Waals surface area contributed by atoms with Crippen LogP contribution in [0.1, 0.15) is 12.5 Å². The van der Waals surface area contributed by atoms with E-state index in [9.17, 15) is 4.79 Å². The van der Waals surface area contributed by atoms with E-state index in [-0.39, 0.29) is 5.91 Å². The van der Waals surface area contributed by atoms with Gasteiger partial charge in [-0.2, -0.15) is 0 Å². The molecule has 5 heteroatoms. The predicted octanol–water partition coefficient (Wildman–Crippen LogP) is 0.942. The van der Waals surface area contributed by atoms with Crippen molar-refractivity contribution in [2.45, 2.75) is 13.5 Å². The molecule has 1 aromatic carbocycles. The second-order valence-electron chi connectivity index (χ2n) is 4.83. The van der Waals surface area contributed by atoms with Crippen LogP contribution in [0.3, 0.4) is 0 Å². The van der Waals surface area contributed by atoms with Crippen molar-refractivity contribution in [3.63, 3.8) is 0 Å². The number of hydrogen-bond acceptors (Lipinski definition) is 4. The molecule has 1 heterocycles. The highest BCUT2D eigenvalue weighted by Gasteiger charge is 2.21. The van der Waals surface area contributed by atoms with E-state index in [1.165, 1.54) is 0 Å². The Morgan fingerprint density at radius 2 is 2.16 bits per heavy atom. The van der Waals surface area contributed by atoms with Crippen LogP contribution in [0, 0.1) is 0 Å². The van der Waals surface area contributed by atoms with Crippen LogP contribution in [0.15, 0.2) is 18.2 Å². The van der Waals surface area contributed by atoms with Gasteiger partial charge in [-0.1, -0.05) is 0 Å². The molecule has 1 aromatic rings. The minimum absolute atomic E-state index is 0.160. The molecule has 1 amide bonds. The number of carbonyl (C=O) groups is 1. The summed E-state index contributed by atoms with van der Waals surface area (Å²) < 4.78 is 5.60. The predicted molar refractivity (Wildman–Crippen MR) is 74.9 cm³/mol. The third-order valence-corrected chi connectivity index (χ3v) is 3.31. The molecule has 1 aliphatic heterocycles. The van der Waals surface area contributed by atoms with Crippen LogP contribution in [0.4, 0.5) is 5.69 Å². The van der Waals surface area contributed by atoms with Crippen molar-refractivity contribution < 1.29 is 9.53 Å². The molecule has 2 rings (SSSR count). The Labute approximate surface area is 113 Å². The number of nitrogens with zero attached hydrogens (tertiary/aromatic N) is 2. The number of benzene rings is 1. The molecule has 0 unspecified atom stereocenters. The van der Waals surface area contributed by atoms with Crippen molar-refractivity contribution in [1.82, 2.24) is 9.80 Å². The van der Waals surface area contributed by atoms with Gasteiger partial charge < -0.3 is 15.4 Å². The summed E-state index contributed by atoms with van der Waals surface area (Å²) in [4.78, 5) is 15.6. The van der Waals surface area contributed by atoms with Crippen molar-refractivity contribution in [2.24, 2.45) is 0 Å². The third-order valence-electron chi connectivity index (χ3n) is 3.31. The summed E-state index contributed by atoms with van der Waals surface area (Å²) in [7, 11) is 1.84. The Morgan fingerprint density at radius 3 is 2.84 bits per heavy atom. The van der Waals surface area contributed by atoms with Crippen molar-refractivity contribution in [3.8, 4) is 5.75 Å². The zero-order valence-corrected chi connectivity index (χ0v) is 11.6. The third kappa shape index (κ3) is 3.38. The molecular weight excluding hydrogens is 242 g/mol. The molecule has 5 nitrogen and oxygen atoms in total. The van der Waals surface area contributed by atoms with Crippen LogP contribution in [-0.4, -0.2) is 49.0 Å². The first-order chi connectivity index (χ1) is 9.10. The average molecular weight is 263 g/mol. The number of nitrogens with two attached hydrogens (primary N) is 1. The minimum Gasteiger partial charge on any atom is -0.494 e. The number of likely N-dealkylation sites (N-methyl/N-ethyl adjacent to an activating group) is 1. The van der Waals surface area contributed by atoms with Crippen molar-refractivity contribution in [3.05, 3.63) is 23.8 Å². The fraction of sp³-hybridized carbons (Fsp3) is 0.500. The van der Waals surface area contributed by atoms with Crippen LogP contribution in [-0.2, 0) is 11.3 Å². The molecule has 1 aliphatic rings. The van der Waals surface area contributed by atoms with E-state index in [0.29, 0.717) is 19.7 Å². The number of carbonyl (C=O) groups excluding carboxylic acids is 1. The summed E-state index contributed by atoms with van der Waals surface area (Å²) in [5.41, 5.74) is 7.59. The monoisotopic (exact) mass is 263 g/mol. The molecule has 1 saturated heterocycles. The first-order valence-electron chi connectivity index (χ1n) is 6.57. The molecule has 0 atom stereocenters. The van der Waals surface area contributed by atoms with Crippen LogP contribution in [0.25, 0.3) is 0 Å². The summed E-state index contributed by atoms with van der Waals surface area (Å²) in [5, 5.41) is 0. The van der Waals surface area contributed by atoms with Gasteiger partial charge in [0.15, 0.2) is 0 Å². The first-order valence-corrected chi connectivity index (χ1v) is 6.57. The van der Waals surface area contributed by atoms with Gasteiger partial charge in [-0.25, -0.2) is 0 Å². The number of nitrogen functional groups attached to an aromatic ring is 1. The van der Waals surface area contributed by atoms with E-state index in [0.717, 1.165) is 30.1 Å². The molecule has 0 saturated carbocycles. The van der Waals surface area contributed by atoms with Gasteiger partial charge in [0.05, 0.1) is 13.2 Å². The quantitative estimate of drug-likeness (QED) is 0.821. The lowest BCUT2D eigenvalue weighted by molar-refractivity contribution is -0.134. The van der Waals surface area contributed by atoms with Gasteiger partial charge in [0.1, 0.15) is 5.75 Å². The second-order valence-corrected chi connectivity index (χ2v) is 4.83. The van der Waals surface area contributed by atoms with E-state index < -0.39 is 0 Å². The lowest BCUT2D eigenvalue weighted by Gasteiger charge is -2.32. The Bertz CT molecular complexity index is 462. The molecule has 104 valence electrons. The molecule has 19 heavy (non-hydrogen) atoms. The van der Waals surface area contributed by atoms with Gasteiger partial charge in [-0.15, -0.1) is 0 Å². The second kappa shape index (κ2) is 5.93. The molecule has 0 bridgehead atoms. The van der Waals surface area contributed by atoms with Gasteiger partial charge in [-0.3, -0.25) is 9.69 Å². The van der Waals surface area contributed by atoms with E-state index in [1.54, 1.807) is 4.90 Å². The maximum Gasteiger partial charge on any atom is 0.236 e. The van der Waals surface area contributed by atoms with Crippen molar-refractivity contribution in [1.29, 1.82) is 0 Å². The summed E-state index contributed by atoms with van der Waals surface area (Å²) in [6, 6.07) is 5.66. The number of amides is 1. The summed E-state index contributed by atoms with van der Waals surface area (Å²) >= 11 is 0. The van der Waals surface area contributed by atoms with Gasteiger partial charge in [0, 0.05) is 37.9 Å². The highest BCUT2D eigenvalue weighted by atomic mass is 16.5. The molecule has 0 radical (unpaired) electrons. The summed E-state index contributed by atoms with van der Waals surface area (Å²) in [6.07, 6.45) is 0. The van der Waals surface area contributed by atoms with Crippen LogP contribution in [0.2, 0.25) is 0 Å². The van der Waals surface area contributed by atoms with E-state index in [2.05, 4.69) is 4.90 Å². The summed E-state index contributed by atoms with van der Waals surface area (Å²) in [5.74, 6) is 1.01. The Morgan fingerprint density at radius 1 is 1.37 bits per heavy atom. The Kier molecular flexibility index (Phi) is 4.27. The molecule has 0 aromatic heterocycles. The summed E-state index contributed by atoms with van der Waals surface area (Å²) in [6.45, 7) is 5.38. The van der Waals surface area contributed by atoms with Gasteiger partial charge in [-0.05, 0) is 25.1 Å². The maximum absolute atomic E-state index is 11.7. The molecule has 1 fully saturated rings. The maximum atomic E-state index is 11.7. The van der Waals surface area contributed by atoms with Crippen LogP contribution in [0.5, 0.6) is 5.75 Å². The SMILES string of the molecule is CCOc1ccc(N)cc1CN1CCN(C)C(=O)C1. The smallest absolute Gasteiger partial charge is 0.236 e. The Balaban J connectivity index is 2.09. The number of hydrogen-bond donors (Lipinski definition) is 1. The fourth-order valence-electron chi connectivity index (χ4n) is 2.20. The molecule has 0 aliphatic carbocycles. The van der Waals surface area contributed by atoms with Crippen LogP contribution < -0.4 is 10.5 Å². The molecule has 0 spiro atoms. The first kappa shape index (κ1) is 13.7. The van der Waals surface area contributed by atoms with E-state index in [1.807, 2.05) is 32.2 Å². The van der Waals surface area contributed by atoms with Gasteiger partial charge in [0.25, 0.3) is 0 Å². The molecule has 2 N–H and O–H groups in total. The van der Waals surface area contributed by atoms with Gasteiger partial charge in [0.2, 0.25) is 5.91 Å². The number of anilines is 1. The highest BCUT2D eigenvalue weighted by Crippen LogP contribution is 2.23.